The predicted octanol–water partition coefficient (Wildman–Crippen LogP) is 4.27. The van der Waals surface area contributed by atoms with Gasteiger partial charge in [-0.3, -0.25) is 15.1 Å². The fraction of sp³-hybridized carbons (Fsp3) is 0.219. The summed E-state index contributed by atoms with van der Waals surface area (Å²) in [5.41, 5.74) is 12.2. The first-order valence-corrected chi connectivity index (χ1v) is 14.5. The summed E-state index contributed by atoms with van der Waals surface area (Å²) in [7, 11) is 0. The molecule has 3 heterocycles. The van der Waals surface area contributed by atoms with Crippen molar-refractivity contribution in [3.63, 3.8) is 0 Å². The number of amidine groups is 1. The van der Waals surface area contributed by atoms with Crippen LogP contribution in [0.4, 0.5) is 10.6 Å². The highest BCUT2D eigenvalue weighted by Crippen LogP contribution is 2.30. The molecule has 2 amide bonds. The highest BCUT2D eigenvalue weighted by Gasteiger charge is 2.28. The molecule has 0 bridgehead atoms. The van der Waals surface area contributed by atoms with Crippen LogP contribution in [-0.2, 0) is 40.5 Å². The van der Waals surface area contributed by atoms with Gasteiger partial charge in [0.15, 0.2) is 5.84 Å². The first kappa shape index (κ1) is 30.0. The van der Waals surface area contributed by atoms with Gasteiger partial charge in [0.1, 0.15) is 24.9 Å². The molecule has 4 aromatic rings. The fourth-order valence-corrected chi connectivity index (χ4v) is 5.40. The fourth-order valence-electron chi connectivity index (χ4n) is 5.40. The summed E-state index contributed by atoms with van der Waals surface area (Å²) >= 11 is 0. The summed E-state index contributed by atoms with van der Waals surface area (Å²) in [6.07, 6.45) is 0.344. The molecule has 0 radical (unpaired) electrons. The molecule has 1 aromatic heterocycles. The number of hydrazine groups is 2. The van der Waals surface area contributed by atoms with Crippen LogP contribution in [0.25, 0.3) is 11.1 Å². The van der Waals surface area contributed by atoms with Crippen molar-refractivity contribution in [2.75, 3.05) is 4.90 Å². The number of carbonyl (C=O) groups is 2. The van der Waals surface area contributed by atoms with Gasteiger partial charge in [-0.05, 0) is 48.1 Å². The largest absolute Gasteiger partial charge is 0.450 e. The molecule has 2 aliphatic heterocycles. The van der Waals surface area contributed by atoms with Crippen LogP contribution >= 0.6 is 0 Å². The highest BCUT2D eigenvalue weighted by molar-refractivity contribution is 6.05. The number of nitrogens with one attached hydrogen (secondary N) is 2. The molecule has 46 heavy (non-hydrogen) atoms. The van der Waals surface area contributed by atoms with Gasteiger partial charge in [0.2, 0.25) is 5.91 Å². The number of hydrazone groups is 1. The van der Waals surface area contributed by atoms with Crippen molar-refractivity contribution in [2.24, 2.45) is 5.10 Å². The molecular weight excluding hydrogens is 592 g/mol. The molecular formula is C32H30N8O6. The van der Waals surface area contributed by atoms with Gasteiger partial charge in [-0.1, -0.05) is 72.8 Å². The highest BCUT2D eigenvalue weighted by atomic mass is 16.9. The monoisotopic (exact) mass is 622 g/mol. The lowest BCUT2D eigenvalue weighted by molar-refractivity contribution is -0.763. The molecule has 0 saturated carbocycles. The van der Waals surface area contributed by atoms with Gasteiger partial charge in [0.05, 0.1) is 6.54 Å². The molecule has 0 unspecified atom stereocenters. The molecule has 0 saturated heterocycles. The molecule has 0 fully saturated rings. The van der Waals surface area contributed by atoms with Crippen molar-refractivity contribution in [2.45, 2.75) is 46.4 Å². The molecule has 234 valence electrons. The number of benzene rings is 3. The van der Waals surface area contributed by atoms with Crippen molar-refractivity contribution in [3.8, 4) is 11.1 Å². The van der Waals surface area contributed by atoms with E-state index in [1.54, 1.807) is 29.2 Å². The number of ether oxygens (including phenoxy) is 1. The second kappa shape index (κ2) is 12.9. The Bertz CT molecular complexity index is 1850. The number of aromatic nitrogens is 2. The third kappa shape index (κ3) is 6.55. The van der Waals surface area contributed by atoms with E-state index >= 15 is 0 Å². The number of hydrogen-bond donors (Lipinski definition) is 2. The molecule has 0 aliphatic carbocycles. The number of aryl methyl sites for hydroxylation is 2. The SMILES string of the molecule is Cc1nc(C)c2c(n1)N(Cc1ccc(-c3ccccc3C3=NNN(C(=O)OCc4cccc(CO[N+](=O)[O-])c4)N3)cc1)C(=O)CC2. The maximum Gasteiger partial charge on any atom is 0.450 e. The van der Waals surface area contributed by atoms with E-state index in [4.69, 9.17) is 4.74 Å². The zero-order chi connectivity index (χ0) is 32.2. The zero-order valence-electron chi connectivity index (χ0n) is 25.1. The molecule has 6 rings (SSSR count). The van der Waals surface area contributed by atoms with E-state index in [2.05, 4.69) is 30.9 Å². The standard InChI is InChI=1S/C32H30N8O6/c1-20-26-14-15-29(41)38(31(26)34-21(2)33-20)17-22-10-12-25(13-11-22)27-8-3-4-9-28(27)30-35-37-39(36-30)32(42)45-18-23-6-5-7-24(16-23)19-46-40(43)44/h3-13,16,37H,14-15,17-19H2,1-2H3,(H,35,36). The Labute approximate surface area is 263 Å². The molecule has 0 atom stereocenters. The lowest BCUT2D eigenvalue weighted by Gasteiger charge is -2.29. The Balaban J connectivity index is 1.11. The number of rotatable bonds is 9. The Kier molecular flexibility index (Phi) is 8.41. The molecule has 2 aliphatic rings. The van der Waals surface area contributed by atoms with Gasteiger partial charge >= 0.3 is 6.09 Å². The molecule has 2 N–H and O–H groups in total. The zero-order valence-corrected chi connectivity index (χ0v) is 25.1. The van der Waals surface area contributed by atoms with Gasteiger partial charge in [-0.2, -0.15) is 5.53 Å². The van der Waals surface area contributed by atoms with E-state index in [0.29, 0.717) is 48.0 Å². The Hall–Kier alpha value is -6.05. The summed E-state index contributed by atoms with van der Waals surface area (Å²) in [5.74, 6) is 1.78. The predicted molar refractivity (Wildman–Crippen MR) is 166 cm³/mol. The maximum absolute atomic E-state index is 12.9. The number of amides is 2. The average molecular weight is 623 g/mol. The third-order valence-corrected chi connectivity index (χ3v) is 7.59. The van der Waals surface area contributed by atoms with Crippen molar-refractivity contribution in [1.29, 1.82) is 0 Å². The van der Waals surface area contributed by atoms with Crippen LogP contribution in [0.3, 0.4) is 0 Å². The van der Waals surface area contributed by atoms with Gasteiger partial charge < -0.3 is 9.57 Å². The minimum absolute atomic E-state index is 0.0381. The van der Waals surface area contributed by atoms with E-state index in [1.165, 1.54) is 0 Å². The number of carbonyl (C=O) groups excluding carboxylic acids is 2. The second-order valence-electron chi connectivity index (χ2n) is 10.8. The van der Waals surface area contributed by atoms with Crippen LogP contribution in [0, 0.1) is 24.0 Å². The smallest absolute Gasteiger partial charge is 0.442 e. The Morgan fingerprint density at radius 2 is 1.67 bits per heavy atom. The molecule has 0 spiro atoms. The van der Waals surface area contributed by atoms with Crippen LogP contribution < -0.4 is 15.9 Å². The first-order chi connectivity index (χ1) is 22.2. The van der Waals surface area contributed by atoms with Crippen molar-refractivity contribution < 1.29 is 24.3 Å². The summed E-state index contributed by atoms with van der Waals surface area (Å²) in [5, 5.41) is 14.9. The van der Waals surface area contributed by atoms with Crippen molar-refractivity contribution in [3.05, 3.63) is 122 Å². The van der Waals surface area contributed by atoms with E-state index < -0.39 is 11.2 Å². The summed E-state index contributed by atoms with van der Waals surface area (Å²) in [4.78, 5) is 51.3. The van der Waals surface area contributed by atoms with Crippen LogP contribution in [0.15, 0.2) is 77.9 Å². The number of anilines is 1. The van der Waals surface area contributed by atoms with Gasteiger partial charge in [-0.25, -0.2) is 14.8 Å². The Morgan fingerprint density at radius 3 is 2.43 bits per heavy atom. The normalized spacial score (nSPS) is 13.8. The van der Waals surface area contributed by atoms with Gasteiger partial charge in [0, 0.05) is 23.2 Å². The molecule has 3 aromatic carbocycles. The Morgan fingerprint density at radius 1 is 0.935 bits per heavy atom. The topological polar surface area (TPSA) is 164 Å². The molecule has 14 heteroatoms. The molecule has 14 nitrogen and oxygen atoms in total. The number of fused-ring (bicyclic) bond motifs is 1. The minimum Gasteiger partial charge on any atom is -0.442 e. The van der Waals surface area contributed by atoms with Crippen molar-refractivity contribution in [1.82, 2.24) is 26.0 Å². The van der Waals surface area contributed by atoms with Crippen LogP contribution in [0.5, 0.6) is 0 Å². The van der Waals surface area contributed by atoms with E-state index in [9.17, 15) is 19.7 Å². The van der Waals surface area contributed by atoms with Crippen LogP contribution in [0.2, 0.25) is 0 Å². The van der Waals surface area contributed by atoms with E-state index in [0.717, 1.165) is 38.6 Å². The van der Waals surface area contributed by atoms with Gasteiger partial charge in [-0.15, -0.1) is 20.3 Å². The van der Waals surface area contributed by atoms with Crippen molar-refractivity contribution >= 4 is 23.7 Å². The average Bonchev–Trinajstić information content (AvgIpc) is 3.55. The number of hydrogen-bond acceptors (Lipinski definition) is 11. The van der Waals surface area contributed by atoms with Crippen LogP contribution in [0.1, 0.15) is 45.8 Å². The van der Waals surface area contributed by atoms with E-state index in [-0.39, 0.29) is 19.1 Å². The van der Waals surface area contributed by atoms with Crippen LogP contribution in [-0.4, -0.2) is 38.0 Å². The summed E-state index contributed by atoms with van der Waals surface area (Å²) in [6.45, 7) is 3.92. The second-order valence-corrected chi connectivity index (χ2v) is 10.8. The first-order valence-electron chi connectivity index (χ1n) is 14.5. The van der Waals surface area contributed by atoms with E-state index in [1.807, 2.05) is 62.4 Å². The summed E-state index contributed by atoms with van der Waals surface area (Å²) in [6, 6.07) is 22.3. The lowest BCUT2D eigenvalue weighted by Crippen LogP contribution is -2.46. The van der Waals surface area contributed by atoms with Gasteiger partial charge in [0.25, 0.3) is 5.09 Å². The third-order valence-electron chi connectivity index (χ3n) is 7.59. The minimum atomic E-state index is -0.862. The quantitative estimate of drug-likeness (QED) is 0.203. The summed E-state index contributed by atoms with van der Waals surface area (Å²) < 4.78 is 5.39. The maximum atomic E-state index is 12.9. The lowest BCUT2D eigenvalue weighted by atomic mass is 9.97. The number of nitrogens with zero attached hydrogens (tertiary/aromatic N) is 6.